The molecule has 0 bridgehead atoms. The molecule has 0 aromatic heterocycles. The average Bonchev–Trinajstić information content (AvgIpc) is 2.78. The summed E-state index contributed by atoms with van der Waals surface area (Å²) in [6, 6.07) is 9.61. The number of rotatable bonds is 1. The molecule has 0 saturated carbocycles. The SMILES string of the molecule is O=C1C[C@H]2CN(C(=O)c3ccccc3)CC[C@@H]2N1. The van der Waals surface area contributed by atoms with E-state index < -0.39 is 0 Å². The number of hydrogen-bond acceptors (Lipinski definition) is 2. The molecular weight excluding hydrogens is 228 g/mol. The van der Waals surface area contributed by atoms with Crippen molar-refractivity contribution in [3.8, 4) is 0 Å². The fraction of sp³-hybridized carbons (Fsp3) is 0.429. The van der Waals surface area contributed by atoms with Crippen LogP contribution in [0.25, 0.3) is 0 Å². The quantitative estimate of drug-likeness (QED) is 0.802. The number of piperidine rings is 1. The zero-order valence-corrected chi connectivity index (χ0v) is 10.1. The van der Waals surface area contributed by atoms with Crippen molar-refractivity contribution in [3.63, 3.8) is 0 Å². The first-order valence-corrected chi connectivity index (χ1v) is 6.38. The van der Waals surface area contributed by atoms with Gasteiger partial charge in [-0.3, -0.25) is 9.59 Å². The van der Waals surface area contributed by atoms with E-state index in [1.54, 1.807) is 0 Å². The molecule has 94 valence electrons. The van der Waals surface area contributed by atoms with Crippen molar-refractivity contribution in [2.45, 2.75) is 18.9 Å². The second kappa shape index (κ2) is 4.44. The van der Waals surface area contributed by atoms with E-state index in [-0.39, 0.29) is 17.9 Å². The summed E-state index contributed by atoms with van der Waals surface area (Å²) in [5.74, 6) is 0.492. The number of fused-ring (bicyclic) bond motifs is 1. The van der Waals surface area contributed by atoms with E-state index in [0.29, 0.717) is 18.9 Å². The van der Waals surface area contributed by atoms with Crippen LogP contribution in [0.1, 0.15) is 23.2 Å². The molecule has 3 rings (SSSR count). The summed E-state index contributed by atoms with van der Waals surface area (Å²) in [6.45, 7) is 1.42. The van der Waals surface area contributed by atoms with Crippen molar-refractivity contribution in [2.24, 2.45) is 5.92 Å². The Bertz CT molecular complexity index is 472. The lowest BCUT2D eigenvalue weighted by Gasteiger charge is -2.34. The van der Waals surface area contributed by atoms with Crippen LogP contribution < -0.4 is 5.32 Å². The smallest absolute Gasteiger partial charge is 0.253 e. The lowest BCUT2D eigenvalue weighted by Crippen LogP contribution is -2.47. The van der Waals surface area contributed by atoms with E-state index >= 15 is 0 Å². The van der Waals surface area contributed by atoms with Gasteiger partial charge in [-0.05, 0) is 18.6 Å². The summed E-state index contributed by atoms with van der Waals surface area (Å²) in [5, 5.41) is 2.98. The molecule has 0 spiro atoms. The maximum absolute atomic E-state index is 12.3. The summed E-state index contributed by atoms with van der Waals surface area (Å²) < 4.78 is 0. The van der Waals surface area contributed by atoms with Crippen LogP contribution in [0.4, 0.5) is 0 Å². The maximum Gasteiger partial charge on any atom is 0.253 e. The fourth-order valence-corrected chi connectivity index (χ4v) is 2.88. The van der Waals surface area contributed by atoms with Gasteiger partial charge in [0.25, 0.3) is 5.91 Å². The van der Waals surface area contributed by atoms with E-state index in [0.717, 1.165) is 18.5 Å². The Morgan fingerprint density at radius 1 is 1.28 bits per heavy atom. The number of nitrogens with one attached hydrogen (secondary N) is 1. The number of hydrogen-bond donors (Lipinski definition) is 1. The minimum absolute atomic E-state index is 0.0772. The molecule has 2 fully saturated rings. The molecule has 2 saturated heterocycles. The second-order valence-electron chi connectivity index (χ2n) is 5.04. The Morgan fingerprint density at radius 3 is 2.83 bits per heavy atom. The van der Waals surface area contributed by atoms with Crippen LogP contribution in [0, 0.1) is 5.92 Å². The largest absolute Gasteiger partial charge is 0.353 e. The van der Waals surface area contributed by atoms with Crippen LogP contribution >= 0.6 is 0 Å². The molecule has 2 heterocycles. The molecule has 2 atom stereocenters. The molecule has 2 aliphatic heterocycles. The molecule has 1 aromatic carbocycles. The van der Waals surface area contributed by atoms with Crippen LogP contribution in [0.2, 0.25) is 0 Å². The average molecular weight is 244 g/mol. The Labute approximate surface area is 106 Å². The van der Waals surface area contributed by atoms with E-state index in [4.69, 9.17) is 0 Å². The van der Waals surface area contributed by atoms with Crippen molar-refractivity contribution in [1.29, 1.82) is 0 Å². The summed E-state index contributed by atoms with van der Waals surface area (Å²) in [5.41, 5.74) is 0.730. The normalized spacial score (nSPS) is 26.7. The van der Waals surface area contributed by atoms with Crippen molar-refractivity contribution in [3.05, 3.63) is 35.9 Å². The highest BCUT2D eigenvalue weighted by Gasteiger charge is 2.38. The zero-order chi connectivity index (χ0) is 12.5. The van der Waals surface area contributed by atoms with Gasteiger partial charge in [0, 0.05) is 37.0 Å². The Morgan fingerprint density at radius 2 is 2.06 bits per heavy atom. The van der Waals surface area contributed by atoms with Crippen molar-refractivity contribution in [1.82, 2.24) is 10.2 Å². The third kappa shape index (κ3) is 1.98. The number of likely N-dealkylation sites (tertiary alicyclic amines) is 1. The first-order chi connectivity index (χ1) is 8.74. The van der Waals surface area contributed by atoms with E-state index in [1.165, 1.54) is 0 Å². The maximum atomic E-state index is 12.3. The van der Waals surface area contributed by atoms with E-state index in [2.05, 4.69) is 5.32 Å². The lowest BCUT2D eigenvalue weighted by atomic mass is 9.93. The zero-order valence-electron chi connectivity index (χ0n) is 10.1. The highest BCUT2D eigenvalue weighted by molar-refractivity contribution is 5.94. The van der Waals surface area contributed by atoms with Gasteiger partial charge in [0.2, 0.25) is 5.91 Å². The van der Waals surface area contributed by atoms with Gasteiger partial charge in [-0.1, -0.05) is 18.2 Å². The van der Waals surface area contributed by atoms with Gasteiger partial charge in [-0.2, -0.15) is 0 Å². The number of amides is 2. The third-order valence-corrected chi connectivity index (χ3v) is 3.84. The molecular formula is C14H16N2O2. The number of carbonyl (C=O) groups excluding carboxylic acids is 2. The number of carbonyl (C=O) groups is 2. The molecule has 0 aliphatic carbocycles. The van der Waals surface area contributed by atoms with Crippen LogP contribution in [0.3, 0.4) is 0 Å². The van der Waals surface area contributed by atoms with Gasteiger partial charge < -0.3 is 10.2 Å². The standard InChI is InChI=1S/C14H16N2O2/c17-13-8-11-9-16(7-6-12(11)15-13)14(18)10-4-2-1-3-5-10/h1-5,11-12H,6-9H2,(H,15,17)/t11-,12-/m0/s1. The Kier molecular flexibility index (Phi) is 2.78. The van der Waals surface area contributed by atoms with Crippen LogP contribution in [0.15, 0.2) is 30.3 Å². The monoisotopic (exact) mass is 244 g/mol. The number of benzene rings is 1. The third-order valence-electron chi connectivity index (χ3n) is 3.84. The number of nitrogens with zero attached hydrogens (tertiary/aromatic N) is 1. The Hall–Kier alpha value is -1.84. The first-order valence-electron chi connectivity index (χ1n) is 6.38. The van der Waals surface area contributed by atoms with Crippen LogP contribution in [0.5, 0.6) is 0 Å². The lowest BCUT2D eigenvalue weighted by molar-refractivity contribution is -0.119. The van der Waals surface area contributed by atoms with Crippen LogP contribution in [-0.2, 0) is 4.79 Å². The predicted octanol–water partition coefficient (Wildman–Crippen LogP) is 1.04. The molecule has 1 aromatic rings. The van der Waals surface area contributed by atoms with Gasteiger partial charge in [-0.25, -0.2) is 0 Å². The molecule has 4 nitrogen and oxygen atoms in total. The predicted molar refractivity (Wildman–Crippen MR) is 67.0 cm³/mol. The van der Waals surface area contributed by atoms with Crippen molar-refractivity contribution in [2.75, 3.05) is 13.1 Å². The van der Waals surface area contributed by atoms with Crippen LogP contribution in [-0.4, -0.2) is 35.8 Å². The van der Waals surface area contributed by atoms with Gasteiger partial charge in [-0.15, -0.1) is 0 Å². The summed E-state index contributed by atoms with van der Waals surface area (Å²) in [4.78, 5) is 25.5. The summed E-state index contributed by atoms with van der Waals surface area (Å²) >= 11 is 0. The van der Waals surface area contributed by atoms with E-state index in [1.807, 2.05) is 35.2 Å². The minimum Gasteiger partial charge on any atom is -0.353 e. The molecule has 4 heteroatoms. The minimum atomic E-state index is 0.0772. The highest BCUT2D eigenvalue weighted by Crippen LogP contribution is 2.26. The molecule has 2 aliphatic rings. The molecule has 0 radical (unpaired) electrons. The van der Waals surface area contributed by atoms with Gasteiger partial charge in [0.15, 0.2) is 0 Å². The molecule has 18 heavy (non-hydrogen) atoms. The fourth-order valence-electron chi connectivity index (χ4n) is 2.88. The first kappa shape index (κ1) is 11.3. The molecule has 1 N–H and O–H groups in total. The van der Waals surface area contributed by atoms with Crippen molar-refractivity contribution >= 4 is 11.8 Å². The van der Waals surface area contributed by atoms with Gasteiger partial charge in [0.05, 0.1) is 0 Å². The summed E-state index contributed by atoms with van der Waals surface area (Å²) in [7, 11) is 0. The van der Waals surface area contributed by atoms with E-state index in [9.17, 15) is 9.59 Å². The topological polar surface area (TPSA) is 49.4 Å². The van der Waals surface area contributed by atoms with Gasteiger partial charge >= 0.3 is 0 Å². The Balaban J connectivity index is 1.71. The highest BCUT2D eigenvalue weighted by atomic mass is 16.2. The molecule has 2 amide bonds. The summed E-state index contributed by atoms with van der Waals surface area (Å²) in [6.07, 6.45) is 1.43. The van der Waals surface area contributed by atoms with Gasteiger partial charge in [0.1, 0.15) is 0 Å². The molecule has 0 unspecified atom stereocenters. The van der Waals surface area contributed by atoms with Crippen molar-refractivity contribution < 1.29 is 9.59 Å². The second-order valence-corrected chi connectivity index (χ2v) is 5.04.